The monoisotopic (exact) mass is 1090 g/mol. The summed E-state index contributed by atoms with van der Waals surface area (Å²) >= 11 is 0. The molecule has 16 heteroatoms. The topological polar surface area (TPSA) is 189 Å². The zero-order valence-electron chi connectivity index (χ0n) is 48.8. The molecule has 0 unspecified atom stereocenters. The maximum Gasteiger partial charge on any atom is 0.308 e. The van der Waals surface area contributed by atoms with Crippen LogP contribution in [0.5, 0.6) is 0 Å². The summed E-state index contributed by atoms with van der Waals surface area (Å²) in [4.78, 5) is 62.4. The van der Waals surface area contributed by atoms with E-state index in [2.05, 4.69) is 41.5 Å². The third-order valence-corrected chi connectivity index (χ3v) is 14.2. The number of carboxylic acid groups (broad SMARTS) is 1. The molecule has 0 radical (unpaired) electrons. The molecule has 0 spiro atoms. The van der Waals surface area contributed by atoms with Gasteiger partial charge in [-0.05, 0) is 93.0 Å². The highest BCUT2D eigenvalue weighted by Gasteiger charge is 2.41. The van der Waals surface area contributed by atoms with Gasteiger partial charge in [-0.3, -0.25) is 29.1 Å². The predicted octanol–water partition coefficient (Wildman–Crippen LogP) is 11.6. The maximum atomic E-state index is 14.1. The van der Waals surface area contributed by atoms with Crippen molar-refractivity contribution in [2.75, 3.05) is 13.1 Å². The van der Waals surface area contributed by atoms with Crippen molar-refractivity contribution in [3.05, 3.63) is 117 Å². The van der Waals surface area contributed by atoms with Crippen LogP contribution in [-0.2, 0) is 57.3 Å². The van der Waals surface area contributed by atoms with Crippen LogP contribution in [0.15, 0.2) is 60.7 Å². The lowest BCUT2D eigenvalue weighted by Crippen LogP contribution is -2.45. The molecule has 3 N–H and O–H groups in total. The van der Waals surface area contributed by atoms with Crippen LogP contribution in [-0.4, -0.2) is 108 Å². The molecule has 1 fully saturated rings. The SMILES string of the molecule is CC(=O)N1Cc2c(nc(C(C)C)c(/C=C/[C@@H](O)C[C@@H](O)CC(=O)O)c2-c2ccc(F)cc2)C(C)(C)C1.CC(=O)N1Cc2c(nc(C(C)C)c(/C=C/[C@@H]3C[C@H](CC(=O)OC(C)(C)C)OC(C)(C)O3)c2-c2ccc(F)cc2)C(C)(C)C1. The Labute approximate surface area is 465 Å². The molecule has 0 bridgehead atoms. The smallest absolute Gasteiger partial charge is 0.308 e. The van der Waals surface area contributed by atoms with Crippen molar-refractivity contribution in [2.24, 2.45) is 0 Å². The van der Waals surface area contributed by atoms with Crippen molar-refractivity contribution in [1.29, 1.82) is 0 Å². The number of hydrogen-bond donors (Lipinski definition) is 3. The number of halogens is 2. The van der Waals surface area contributed by atoms with E-state index < -0.39 is 41.4 Å². The summed E-state index contributed by atoms with van der Waals surface area (Å²) in [6, 6.07) is 12.7. The number of hydrogen-bond acceptors (Lipinski definition) is 11. The van der Waals surface area contributed by atoms with Crippen LogP contribution in [0.1, 0.15) is 186 Å². The van der Waals surface area contributed by atoms with Gasteiger partial charge < -0.3 is 39.3 Å². The lowest BCUT2D eigenvalue weighted by Gasteiger charge is -2.41. The fourth-order valence-electron chi connectivity index (χ4n) is 10.9. The molecule has 3 aliphatic rings. The van der Waals surface area contributed by atoms with Crippen molar-refractivity contribution in [3.8, 4) is 22.3 Å². The van der Waals surface area contributed by atoms with E-state index in [1.54, 1.807) is 42.2 Å². The molecule has 4 aromatic rings. The fraction of sp³-hybridized carbons (Fsp3) is 0.524. The molecule has 2 amide bonds. The Morgan fingerprint density at radius 2 is 1.18 bits per heavy atom. The first-order valence-electron chi connectivity index (χ1n) is 27.3. The second-order valence-corrected chi connectivity index (χ2v) is 24.7. The number of aliphatic carboxylic acids is 1. The number of pyridine rings is 2. The summed E-state index contributed by atoms with van der Waals surface area (Å²) in [6.07, 6.45) is 4.34. The summed E-state index contributed by atoms with van der Waals surface area (Å²) in [5.74, 6) is -2.96. The van der Waals surface area contributed by atoms with Crippen LogP contribution in [0, 0.1) is 11.6 Å². The second-order valence-electron chi connectivity index (χ2n) is 24.7. The van der Waals surface area contributed by atoms with Gasteiger partial charge in [0.1, 0.15) is 17.2 Å². The van der Waals surface area contributed by atoms with Crippen LogP contribution >= 0.6 is 0 Å². The minimum absolute atomic E-state index is 0.00248. The molecule has 2 aromatic heterocycles. The maximum absolute atomic E-state index is 14.1. The van der Waals surface area contributed by atoms with E-state index >= 15 is 0 Å². The first-order chi connectivity index (χ1) is 36.6. The Kier molecular flexibility index (Phi) is 19.4. The molecule has 0 saturated carbocycles. The molecule has 7 rings (SSSR count). The Morgan fingerprint density at radius 3 is 1.58 bits per heavy atom. The normalized spacial score (nSPS) is 19.4. The number of nitrogens with zero attached hydrogens (tertiary/aromatic N) is 4. The van der Waals surface area contributed by atoms with Crippen LogP contribution < -0.4 is 0 Å². The molecule has 2 aromatic carbocycles. The molecule has 4 atom stereocenters. The summed E-state index contributed by atoms with van der Waals surface area (Å²) in [7, 11) is 0. The average Bonchev–Trinajstić information content (AvgIpc) is 3.33. The second kappa shape index (κ2) is 24.7. The number of carbonyl (C=O) groups excluding carboxylic acids is 3. The number of aliphatic hydroxyl groups is 2. The van der Waals surface area contributed by atoms with E-state index in [1.165, 1.54) is 37.3 Å². The third kappa shape index (κ3) is 15.8. The number of amides is 2. The molecule has 1 saturated heterocycles. The van der Waals surface area contributed by atoms with E-state index in [-0.39, 0.29) is 71.7 Å². The van der Waals surface area contributed by atoms with Gasteiger partial charge in [0.2, 0.25) is 11.8 Å². The van der Waals surface area contributed by atoms with Crippen molar-refractivity contribution in [1.82, 2.24) is 19.8 Å². The van der Waals surface area contributed by atoms with Crippen LogP contribution in [0.3, 0.4) is 0 Å². The number of aliphatic hydroxyl groups excluding tert-OH is 2. The van der Waals surface area contributed by atoms with Gasteiger partial charge in [0.25, 0.3) is 0 Å². The molecule has 0 aliphatic carbocycles. The number of benzene rings is 2. The quantitative estimate of drug-likeness (QED) is 0.102. The minimum atomic E-state index is -1.19. The molecule has 14 nitrogen and oxygen atoms in total. The average molecular weight is 1090 g/mol. The van der Waals surface area contributed by atoms with E-state index in [0.717, 1.165) is 67.3 Å². The van der Waals surface area contributed by atoms with Gasteiger partial charge in [0, 0.05) is 86.0 Å². The van der Waals surface area contributed by atoms with Gasteiger partial charge in [-0.1, -0.05) is 104 Å². The number of fused-ring (bicyclic) bond motifs is 2. The highest BCUT2D eigenvalue weighted by Crippen LogP contribution is 2.45. The number of esters is 1. The van der Waals surface area contributed by atoms with Crippen LogP contribution in [0.4, 0.5) is 8.78 Å². The number of rotatable bonds is 14. The first-order valence-corrected chi connectivity index (χ1v) is 27.3. The Balaban J connectivity index is 0.000000259. The number of carbonyl (C=O) groups is 4. The van der Waals surface area contributed by atoms with E-state index in [9.17, 15) is 38.2 Å². The Hall–Kier alpha value is -6.20. The molecule has 5 heterocycles. The standard InChI is InChI=1S/C35H47FN2O5.C28H35FN2O5/c1-21(2)31-27(16-15-25-17-26(42-35(9,10)41-25)18-29(40)43-33(4,5)6)30(23-11-13-24(36)14-12-23)28-19-38(22(3)39)20-34(7,8)32(28)37-31;1-16(2)26-22(11-10-20(33)12-21(34)13-24(35)36)25(18-6-8-19(29)9-7-18)23-14-31(17(3)32)15-28(4,5)27(23)30-26/h11-16,21,25-26H,17-20H2,1-10H3;6-11,16,20-21,33-34H,12-15H2,1-5H3,(H,35,36)/b16-15+;11-10+/t25-,26-;20-,21-/m11/s1. The van der Waals surface area contributed by atoms with Gasteiger partial charge in [-0.15, -0.1) is 0 Å². The van der Waals surface area contributed by atoms with E-state index in [1.807, 2.05) is 65.5 Å². The van der Waals surface area contributed by atoms with Gasteiger partial charge in [-0.25, -0.2) is 8.78 Å². The van der Waals surface area contributed by atoms with E-state index in [0.29, 0.717) is 32.6 Å². The van der Waals surface area contributed by atoms with Crippen molar-refractivity contribution < 1.29 is 57.5 Å². The van der Waals surface area contributed by atoms with Crippen LogP contribution in [0.2, 0.25) is 0 Å². The lowest BCUT2D eigenvalue weighted by molar-refractivity contribution is -0.290. The zero-order valence-corrected chi connectivity index (χ0v) is 48.8. The highest BCUT2D eigenvalue weighted by atomic mass is 19.1. The fourth-order valence-corrected chi connectivity index (χ4v) is 10.9. The van der Waals surface area contributed by atoms with Gasteiger partial charge >= 0.3 is 11.9 Å². The minimum Gasteiger partial charge on any atom is -0.481 e. The molecular weight excluding hydrogens is 1010 g/mol. The summed E-state index contributed by atoms with van der Waals surface area (Å²) in [5, 5.41) is 29.3. The molecular formula is C63H82F2N4O10. The first kappa shape index (κ1) is 62.0. The number of ether oxygens (including phenoxy) is 3. The summed E-state index contributed by atoms with van der Waals surface area (Å²) < 4.78 is 45.8. The third-order valence-electron chi connectivity index (χ3n) is 14.2. The summed E-state index contributed by atoms with van der Waals surface area (Å²) in [6.45, 7) is 30.8. The largest absolute Gasteiger partial charge is 0.481 e. The van der Waals surface area contributed by atoms with Gasteiger partial charge in [0.15, 0.2) is 5.79 Å². The number of aromatic nitrogens is 2. The van der Waals surface area contributed by atoms with Crippen molar-refractivity contribution in [2.45, 2.75) is 201 Å². The zero-order chi connectivity index (χ0) is 58.7. The molecule has 428 valence electrons. The van der Waals surface area contributed by atoms with Crippen LogP contribution in [0.25, 0.3) is 34.4 Å². The highest BCUT2D eigenvalue weighted by molar-refractivity contribution is 5.84. The van der Waals surface area contributed by atoms with Gasteiger partial charge in [-0.2, -0.15) is 0 Å². The Bertz CT molecular complexity index is 2940. The molecule has 3 aliphatic heterocycles. The Morgan fingerprint density at radius 1 is 0.734 bits per heavy atom. The van der Waals surface area contributed by atoms with Crippen molar-refractivity contribution in [3.63, 3.8) is 0 Å². The summed E-state index contributed by atoms with van der Waals surface area (Å²) in [5.41, 5.74) is 9.09. The predicted molar refractivity (Wildman–Crippen MR) is 302 cm³/mol. The molecule has 79 heavy (non-hydrogen) atoms. The van der Waals surface area contributed by atoms with Gasteiger partial charge in [0.05, 0.1) is 60.0 Å². The van der Waals surface area contributed by atoms with E-state index in [4.69, 9.17) is 29.3 Å². The lowest BCUT2D eigenvalue weighted by atomic mass is 9.77. The van der Waals surface area contributed by atoms with Crippen molar-refractivity contribution >= 4 is 35.9 Å². The number of carboxylic acids is 1.